The van der Waals surface area contributed by atoms with Gasteiger partial charge in [0.1, 0.15) is 23.9 Å². The molecule has 0 saturated heterocycles. The minimum atomic E-state index is -3.85. The molecule has 0 saturated carbocycles. The minimum Gasteiger partial charge on any atom is -0.320 e. The number of halogens is 3. The number of carbonyl (C=O) groups excluding carboxylic acids is 1. The largest absolute Gasteiger partial charge is 0.320 e. The van der Waals surface area contributed by atoms with Gasteiger partial charge in [0.05, 0.1) is 17.0 Å². The van der Waals surface area contributed by atoms with Crippen molar-refractivity contribution in [2.45, 2.75) is 0 Å². The summed E-state index contributed by atoms with van der Waals surface area (Å²) in [5.74, 6) is -2.84. The first-order valence-corrected chi connectivity index (χ1v) is 8.89. The molecule has 1 N–H and O–H groups in total. The molecular formula is C15H13ClF2N2O3S. The molecule has 0 aliphatic carbocycles. The molecule has 9 heteroatoms. The third kappa shape index (κ3) is 4.21. The standard InChI is InChI=1S/C15H13ClF2N2O3S/c1-24(22,23)20(13-8-3-2-5-10(13)16)9-14(21)19-15-11(17)6-4-7-12(15)18/h2-8H,9H2,1H3,(H,19,21). The third-order valence-corrected chi connectivity index (χ3v) is 4.48. The number of hydrogen-bond acceptors (Lipinski definition) is 3. The van der Waals surface area contributed by atoms with E-state index in [4.69, 9.17) is 11.6 Å². The van der Waals surface area contributed by atoms with Crippen molar-refractivity contribution in [3.8, 4) is 0 Å². The zero-order chi connectivity index (χ0) is 17.9. The summed E-state index contributed by atoms with van der Waals surface area (Å²) in [6.07, 6.45) is 0.896. The number of rotatable bonds is 5. The highest BCUT2D eigenvalue weighted by molar-refractivity contribution is 7.92. The molecule has 24 heavy (non-hydrogen) atoms. The van der Waals surface area contributed by atoms with Crippen molar-refractivity contribution in [3.63, 3.8) is 0 Å². The van der Waals surface area contributed by atoms with Crippen LogP contribution in [-0.2, 0) is 14.8 Å². The Morgan fingerprint density at radius 2 is 1.71 bits per heavy atom. The fourth-order valence-electron chi connectivity index (χ4n) is 1.96. The summed E-state index contributed by atoms with van der Waals surface area (Å²) in [6.45, 7) is -0.684. The Bertz CT molecular complexity index is 855. The van der Waals surface area contributed by atoms with Gasteiger partial charge in [-0.1, -0.05) is 29.8 Å². The van der Waals surface area contributed by atoms with E-state index >= 15 is 0 Å². The average Bonchev–Trinajstić information content (AvgIpc) is 2.48. The molecule has 0 heterocycles. The molecule has 2 aromatic carbocycles. The van der Waals surface area contributed by atoms with Gasteiger partial charge in [-0.25, -0.2) is 17.2 Å². The first-order chi connectivity index (χ1) is 11.2. The van der Waals surface area contributed by atoms with Crippen molar-refractivity contribution in [2.24, 2.45) is 0 Å². The van der Waals surface area contributed by atoms with Gasteiger partial charge >= 0.3 is 0 Å². The van der Waals surface area contributed by atoms with E-state index in [2.05, 4.69) is 0 Å². The number of nitrogens with one attached hydrogen (secondary N) is 1. The second-order valence-electron chi connectivity index (χ2n) is 4.87. The van der Waals surface area contributed by atoms with E-state index < -0.39 is 39.8 Å². The van der Waals surface area contributed by atoms with Gasteiger partial charge in [0.15, 0.2) is 0 Å². The van der Waals surface area contributed by atoms with E-state index in [1.54, 1.807) is 12.1 Å². The lowest BCUT2D eigenvalue weighted by atomic mass is 10.3. The fourth-order valence-corrected chi connectivity index (χ4v) is 3.12. The Morgan fingerprint density at radius 3 is 2.25 bits per heavy atom. The SMILES string of the molecule is CS(=O)(=O)N(CC(=O)Nc1c(F)cccc1F)c1ccccc1Cl. The highest BCUT2D eigenvalue weighted by Crippen LogP contribution is 2.27. The Kier molecular flexibility index (Phi) is 5.40. The van der Waals surface area contributed by atoms with Crippen molar-refractivity contribution in [1.29, 1.82) is 0 Å². The van der Waals surface area contributed by atoms with Crippen LogP contribution in [0.1, 0.15) is 0 Å². The van der Waals surface area contributed by atoms with Crippen molar-refractivity contribution in [2.75, 3.05) is 22.4 Å². The van der Waals surface area contributed by atoms with Crippen molar-refractivity contribution >= 4 is 38.9 Å². The van der Waals surface area contributed by atoms with Crippen LogP contribution in [0.4, 0.5) is 20.2 Å². The molecule has 0 fully saturated rings. The first-order valence-electron chi connectivity index (χ1n) is 6.66. The van der Waals surface area contributed by atoms with E-state index in [1.165, 1.54) is 12.1 Å². The van der Waals surface area contributed by atoms with Crippen LogP contribution in [0.2, 0.25) is 5.02 Å². The molecular weight excluding hydrogens is 362 g/mol. The molecule has 1 amide bonds. The summed E-state index contributed by atoms with van der Waals surface area (Å²) in [5, 5.41) is 2.15. The Labute approximate surface area is 142 Å². The summed E-state index contributed by atoms with van der Waals surface area (Å²) in [4.78, 5) is 12.1. The third-order valence-electron chi connectivity index (χ3n) is 3.04. The predicted molar refractivity (Wildman–Crippen MR) is 88.6 cm³/mol. The van der Waals surface area contributed by atoms with Gasteiger partial charge in [-0.3, -0.25) is 9.10 Å². The molecule has 0 aromatic heterocycles. The number of nitrogens with zero attached hydrogens (tertiary/aromatic N) is 1. The van der Waals surface area contributed by atoms with Crippen LogP contribution in [0.3, 0.4) is 0 Å². The van der Waals surface area contributed by atoms with E-state index in [9.17, 15) is 22.0 Å². The highest BCUT2D eigenvalue weighted by Gasteiger charge is 2.23. The number of benzene rings is 2. The van der Waals surface area contributed by atoms with Gasteiger partial charge in [0.25, 0.3) is 0 Å². The van der Waals surface area contributed by atoms with Crippen LogP contribution in [0.5, 0.6) is 0 Å². The molecule has 0 aliphatic heterocycles. The predicted octanol–water partition coefficient (Wildman–Crippen LogP) is 3.02. The molecule has 2 rings (SSSR count). The Morgan fingerprint density at radius 1 is 1.12 bits per heavy atom. The smallest absolute Gasteiger partial charge is 0.245 e. The minimum absolute atomic E-state index is 0.0887. The van der Waals surface area contributed by atoms with Gasteiger partial charge in [-0.15, -0.1) is 0 Å². The number of anilines is 2. The van der Waals surface area contributed by atoms with Gasteiger partial charge in [-0.05, 0) is 24.3 Å². The fraction of sp³-hybridized carbons (Fsp3) is 0.133. The monoisotopic (exact) mass is 374 g/mol. The maximum atomic E-state index is 13.6. The van der Waals surface area contributed by atoms with Crippen molar-refractivity contribution < 1.29 is 22.0 Å². The zero-order valence-electron chi connectivity index (χ0n) is 12.5. The van der Waals surface area contributed by atoms with Gasteiger partial charge in [0, 0.05) is 0 Å². The van der Waals surface area contributed by atoms with Gasteiger partial charge < -0.3 is 5.32 Å². The van der Waals surface area contributed by atoms with Crippen LogP contribution in [0.15, 0.2) is 42.5 Å². The zero-order valence-corrected chi connectivity index (χ0v) is 14.0. The maximum absolute atomic E-state index is 13.6. The van der Waals surface area contributed by atoms with E-state index in [0.29, 0.717) is 0 Å². The number of carbonyl (C=O) groups is 1. The van der Waals surface area contributed by atoms with E-state index in [1.807, 2.05) is 5.32 Å². The number of amides is 1. The second-order valence-corrected chi connectivity index (χ2v) is 7.18. The van der Waals surface area contributed by atoms with Crippen LogP contribution in [0, 0.1) is 11.6 Å². The summed E-state index contributed by atoms with van der Waals surface area (Å²) < 4.78 is 51.8. The Balaban J connectivity index is 2.28. The molecule has 0 bridgehead atoms. The normalized spacial score (nSPS) is 11.2. The van der Waals surface area contributed by atoms with Crippen LogP contribution in [0.25, 0.3) is 0 Å². The average molecular weight is 375 g/mol. The number of sulfonamides is 1. The van der Waals surface area contributed by atoms with E-state index in [-0.39, 0.29) is 10.7 Å². The molecule has 5 nitrogen and oxygen atoms in total. The molecule has 0 atom stereocenters. The van der Waals surface area contributed by atoms with Crippen molar-refractivity contribution in [1.82, 2.24) is 0 Å². The first kappa shape index (κ1) is 18.2. The number of hydrogen-bond donors (Lipinski definition) is 1. The molecule has 128 valence electrons. The second kappa shape index (κ2) is 7.14. The topological polar surface area (TPSA) is 66.5 Å². The lowest BCUT2D eigenvalue weighted by molar-refractivity contribution is -0.114. The summed E-state index contributed by atoms with van der Waals surface area (Å²) in [7, 11) is -3.85. The van der Waals surface area contributed by atoms with Crippen LogP contribution < -0.4 is 9.62 Å². The van der Waals surface area contributed by atoms with Crippen LogP contribution >= 0.6 is 11.6 Å². The van der Waals surface area contributed by atoms with Gasteiger partial charge in [0.2, 0.25) is 15.9 Å². The summed E-state index contributed by atoms with van der Waals surface area (Å²) in [5.41, 5.74) is -0.555. The summed E-state index contributed by atoms with van der Waals surface area (Å²) in [6, 6.07) is 9.12. The lowest BCUT2D eigenvalue weighted by Gasteiger charge is -2.22. The highest BCUT2D eigenvalue weighted by atomic mass is 35.5. The van der Waals surface area contributed by atoms with Crippen molar-refractivity contribution in [3.05, 3.63) is 59.1 Å². The molecule has 0 radical (unpaired) electrons. The van der Waals surface area contributed by atoms with Crippen LogP contribution in [-0.4, -0.2) is 27.1 Å². The van der Waals surface area contributed by atoms with E-state index in [0.717, 1.165) is 28.8 Å². The molecule has 0 unspecified atom stereocenters. The lowest BCUT2D eigenvalue weighted by Crippen LogP contribution is -2.37. The molecule has 2 aromatic rings. The van der Waals surface area contributed by atoms with Gasteiger partial charge in [-0.2, -0.15) is 0 Å². The Hall–Kier alpha value is -2.19. The quantitative estimate of drug-likeness (QED) is 0.874. The summed E-state index contributed by atoms with van der Waals surface area (Å²) >= 11 is 5.96. The maximum Gasteiger partial charge on any atom is 0.245 e. The molecule has 0 spiro atoms. The number of para-hydroxylation sites is 2. The molecule has 0 aliphatic rings.